The van der Waals surface area contributed by atoms with Gasteiger partial charge < -0.3 is 25.6 Å². The summed E-state index contributed by atoms with van der Waals surface area (Å²) in [5.41, 5.74) is 3.12. The van der Waals surface area contributed by atoms with Crippen LogP contribution < -0.4 is 20.5 Å². The van der Waals surface area contributed by atoms with Crippen molar-refractivity contribution in [1.82, 2.24) is 25.1 Å². The number of pyridine rings is 2. The molecule has 0 unspecified atom stereocenters. The van der Waals surface area contributed by atoms with Gasteiger partial charge >= 0.3 is 0 Å². The molecule has 2 atom stereocenters. The van der Waals surface area contributed by atoms with E-state index in [2.05, 4.69) is 20.4 Å². The first-order valence-electron chi connectivity index (χ1n) is 15.0. The van der Waals surface area contributed by atoms with Crippen molar-refractivity contribution in [2.45, 2.75) is 36.8 Å². The van der Waals surface area contributed by atoms with Gasteiger partial charge in [-0.3, -0.25) is 19.3 Å². The molecule has 2 aromatic carbocycles. The molecule has 0 bridgehead atoms. The Morgan fingerprint density at radius 3 is 2.71 bits per heavy atom. The van der Waals surface area contributed by atoms with Gasteiger partial charge in [0.2, 0.25) is 5.91 Å². The normalized spacial score (nSPS) is 18.2. The Kier molecular flexibility index (Phi) is 7.56. The standard InChI is InChI=1S/C34H29ClF2N6O5/c1-33(32(38)45)16-48-30-22(33)11-27(41-29(30)21-10-23(35)25(37)12-24(21)36)34(46,19-4-3-7-39-13-19)15-40-31(44)17-8-18-14-43(20-5-6-20)42-28(18)26(9-17)47-2/h3-4,7-14,20,46H,5-6,15-16H2,1-2H3,(H2,38,45)(H,40,44)/t33-,34+/m0/s1. The number of benzene rings is 2. The molecular weight excluding hydrogens is 646 g/mol. The summed E-state index contributed by atoms with van der Waals surface area (Å²) in [6.45, 7) is 0.907. The molecule has 3 aromatic heterocycles. The van der Waals surface area contributed by atoms with Gasteiger partial charge in [-0.15, -0.1) is 0 Å². The lowest BCUT2D eigenvalue weighted by molar-refractivity contribution is -0.123. The summed E-state index contributed by atoms with van der Waals surface area (Å²) in [4.78, 5) is 35.1. The number of fused-ring (bicyclic) bond motifs is 2. The zero-order chi connectivity index (χ0) is 34.0. The molecule has 0 saturated heterocycles. The third-order valence-electron chi connectivity index (χ3n) is 8.94. The minimum absolute atomic E-state index is 0.0198. The molecule has 1 saturated carbocycles. The van der Waals surface area contributed by atoms with E-state index in [1.165, 1.54) is 25.6 Å². The van der Waals surface area contributed by atoms with Crippen molar-refractivity contribution in [1.29, 1.82) is 0 Å². The number of aromatic nitrogens is 4. The molecule has 1 fully saturated rings. The molecule has 14 heteroatoms. The van der Waals surface area contributed by atoms with Crippen LogP contribution in [0, 0.1) is 11.6 Å². The van der Waals surface area contributed by atoms with Crippen LogP contribution in [0.25, 0.3) is 22.2 Å². The molecule has 1 aliphatic heterocycles. The summed E-state index contributed by atoms with van der Waals surface area (Å²) in [7, 11) is 1.49. The molecule has 4 N–H and O–H groups in total. The fourth-order valence-electron chi connectivity index (χ4n) is 5.88. The molecule has 2 aliphatic rings. The fourth-order valence-corrected chi connectivity index (χ4v) is 6.04. The summed E-state index contributed by atoms with van der Waals surface area (Å²) in [5.74, 6) is -2.85. The van der Waals surface area contributed by atoms with Crippen molar-refractivity contribution in [2.24, 2.45) is 5.73 Å². The first-order valence-corrected chi connectivity index (χ1v) is 15.4. The minimum atomic E-state index is -2.10. The van der Waals surface area contributed by atoms with Crippen molar-refractivity contribution in [3.05, 3.63) is 100 Å². The number of hydrogen-bond donors (Lipinski definition) is 3. The lowest BCUT2D eigenvalue weighted by Gasteiger charge is -2.30. The van der Waals surface area contributed by atoms with Gasteiger partial charge in [-0.05, 0) is 50.1 Å². The van der Waals surface area contributed by atoms with E-state index in [4.69, 9.17) is 26.8 Å². The third kappa shape index (κ3) is 5.19. The van der Waals surface area contributed by atoms with Gasteiger partial charge in [0.15, 0.2) is 5.60 Å². The van der Waals surface area contributed by atoms with Crippen LogP contribution in [-0.4, -0.2) is 56.9 Å². The number of ether oxygens (including phenoxy) is 2. The first-order chi connectivity index (χ1) is 22.9. The number of aliphatic hydroxyl groups is 1. The molecule has 7 rings (SSSR count). The number of rotatable bonds is 9. The Balaban J connectivity index is 1.34. The first kappa shape index (κ1) is 31.5. The lowest BCUT2D eigenvalue weighted by Crippen LogP contribution is -2.43. The molecular formula is C34H29ClF2N6O5. The predicted octanol–water partition coefficient (Wildman–Crippen LogP) is 4.57. The van der Waals surface area contributed by atoms with E-state index in [-0.39, 0.29) is 51.0 Å². The maximum Gasteiger partial charge on any atom is 0.251 e. The van der Waals surface area contributed by atoms with Crippen LogP contribution in [0.1, 0.15) is 53.0 Å². The van der Waals surface area contributed by atoms with Crippen LogP contribution >= 0.6 is 11.6 Å². The van der Waals surface area contributed by atoms with Crippen molar-refractivity contribution >= 4 is 34.3 Å². The quantitative estimate of drug-likeness (QED) is 0.192. The summed E-state index contributed by atoms with van der Waals surface area (Å²) in [5, 5.41) is 20.2. The number of methoxy groups -OCH3 is 1. The van der Waals surface area contributed by atoms with Crippen molar-refractivity contribution in [3.63, 3.8) is 0 Å². The number of nitrogens with one attached hydrogen (secondary N) is 1. The molecule has 5 aromatic rings. The van der Waals surface area contributed by atoms with E-state index in [0.717, 1.165) is 18.9 Å². The molecule has 11 nitrogen and oxygen atoms in total. The zero-order valence-electron chi connectivity index (χ0n) is 25.8. The van der Waals surface area contributed by atoms with Gasteiger partial charge in [-0.2, -0.15) is 5.10 Å². The van der Waals surface area contributed by atoms with Crippen molar-refractivity contribution in [2.75, 3.05) is 20.3 Å². The maximum absolute atomic E-state index is 15.3. The maximum atomic E-state index is 15.3. The molecule has 246 valence electrons. The van der Waals surface area contributed by atoms with E-state index in [1.54, 1.807) is 31.2 Å². The number of carbonyl (C=O) groups is 2. The van der Waals surface area contributed by atoms with Crippen LogP contribution in [0.15, 0.2) is 61.1 Å². The summed E-state index contributed by atoms with van der Waals surface area (Å²) < 4.78 is 42.7. The van der Waals surface area contributed by atoms with Crippen molar-refractivity contribution in [3.8, 4) is 22.8 Å². The van der Waals surface area contributed by atoms with E-state index in [9.17, 15) is 19.1 Å². The van der Waals surface area contributed by atoms with Crippen molar-refractivity contribution < 1.29 is 33.0 Å². The van der Waals surface area contributed by atoms with E-state index >= 15 is 4.39 Å². The van der Waals surface area contributed by atoms with Gasteiger partial charge in [0.05, 0.1) is 30.4 Å². The number of nitrogens with two attached hydrogens (primary N) is 1. The van der Waals surface area contributed by atoms with Crippen LogP contribution in [0.5, 0.6) is 11.5 Å². The SMILES string of the molecule is COc1cc(C(=O)NC[C@@](O)(c2cccnc2)c2cc3c(c(-c4cc(Cl)c(F)cc4F)n2)OC[C@]3(C)C(N)=O)cc2cn(C3CC3)nc12. The van der Waals surface area contributed by atoms with Crippen LogP contribution in [-0.2, 0) is 15.8 Å². The second-order valence-corrected chi connectivity index (χ2v) is 12.6. The number of hydrogen-bond acceptors (Lipinski definition) is 8. The largest absolute Gasteiger partial charge is 0.494 e. The molecule has 1 aliphatic carbocycles. The number of primary amides is 1. The van der Waals surface area contributed by atoms with Gasteiger partial charge in [0.25, 0.3) is 5.91 Å². The van der Waals surface area contributed by atoms with E-state index in [1.807, 2.05) is 10.9 Å². The van der Waals surface area contributed by atoms with Gasteiger partial charge in [-0.25, -0.2) is 13.8 Å². The number of amides is 2. The Hall–Kier alpha value is -5.14. The summed E-state index contributed by atoms with van der Waals surface area (Å²) in [6, 6.07) is 9.81. The second kappa shape index (κ2) is 11.5. The van der Waals surface area contributed by atoms with E-state index in [0.29, 0.717) is 28.8 Å². The Labute approximate surface area is 277 Å². The lowest BCUT2D eigenvalue weighted by atomic mass is 9.81. The summed E-state index contributed by atoms with van der Waals surface area (Å²) in [6.07, 6.45) is 6.82. The van der Waals surface area contributed by atoms with Crippen LogP contribution in [0.2, 0.25) is 5.02 Å². The fraction of sp³-hybridized carbons (Fsp3) is 0.265. The van der Waals surface area contributed by atoms with Gasteiger partial charge in [-0.1, -0.05) is 17.7 Å². The highest BCUT2D eigenvalue weighted by Crippen LogP contribution is 2.47. The highest BCUT2D eigenvalue weighted by atomic mass is 35.5. The smallest absolute Gasteiger partial charge is 0.251 e. The minimum Gasteiger partial charge on any atom is -0.494 e. The Morgan fingerprint density at radius 1 is 1.23 bits per heavy atom. The summed E-state index contributed by atoms with van der Waals surface area (Å²) >= 11 is 6.04. The Morgan fingerprint density at radius 2 is 2.02 bits per heavy atom. The third-order valence-corrected chi connectivity index (χ3v) is 9.23. The van der Waals surface area contributed by atoms with Crippen LogP contribution in [0.4, 0.5) is 8.78 Å². The average Bonchev–Trinajstić information content (AvgIpc) is 3.75. The predicted molar refractivity (Wildman–Crippen MR) is 171 cm³/mol. The second-order valence-electron chi connectivity index (χ2n) is 12.2. The van der Waals surface area contributed by atoms with Crippen LogP contribution in [0.3, 0.4) is 0 Å². The number of nitrogens with zero attached hydrogens (tertiary/aromatic N) is 4. The Bertz CT molecular complexity index is 2120. The topological polar surface area (TPSA) is 154 Å². The highest BCUT2D eigenvalue weighted by molar-refractivity contribution is 6.31. The van der Waals surface area contributed by atoms with Gasteiger partial charge in [0.1, 0.15) is 46.4 Å². The zero-order valence-corrected chi connectivity index (χ0v) is 26.5. The highest BCUT2D eigenvalue weighted by Gasteiger charge is 2.46. The molecule has 2 amide bonds. The monoisotopic (exact) mass is 674 g/mol. The average molecular weight is 675 g/mol. The number of carbonyl (C=O) groups excluding carboxylic acids is 2. The van der Waals surface area contributed by atoms with E-state index < -0.39 is 41.0 Å². The molecule has 48 heavy (non-hydrogen) atoms. The van der Waals surface area contributed by atoms with Gasteiger partial charge in [0, 0.05) is 52.3 Å². The number of halogens is 3. The molecule has 0 spiro atoms. The molecule has 0 radical (unpaired) electrons. The molecule has 4 heterocycles.